The Balaban J connectivity index is 1.39. The molecule has 0 aliphatic rings. The molecule has 3 aromatic carbocycles. The molecule has 5 rings (SSSR count). The molecule has 245 valence electrons. The number of benzene rings is 3. The fourth-order valence-corrected chi connectivity index (χ4v) is 8.26. The lowest BCUT2D eigenvalue weighted by Gasteiger charge is -2.27. The Hall–Kier alpha value is -4.47. The van der Waals surface area contributed by atoms with E-state index in [-0.39, 0.29) is 23.8 Å². The van der Waals surface area contributed by atoms with Crippen molar-refractivity contribution in [2.45, 2.75) is 46.3 Å². The van der Waals surface area contributed by atoms with E-state index >= 15 is 0 Å². The van der Waals surface area contributed by atoms with Crippen LogP contribution in [0.1, 0.15) is 50.1 Å². The summed E-state index contributed by atoms with van der Waals surface area (Å²) >= 11 is 14.3. The number of anilines is 1. The number of hydrogen-bond acceptors (Lipinski definition) is 4. The summed E-state index contributed by atoms with van der Waals surface area (Å²) in [6, 6.07) is 29.8. The zero-order valence-corrected chi connectivity index (χ0v) is 29.8. The Morgan fingerprint density at radius 1 is 0.917 bits per heavy atom. The van der Waals surface area contributed by atoms with Crippen LogP contribution in [0.15, 0.2) is 109 Å². The number of carbonyl (C=O) groups is 2. The van der Waals surface area contributed by atoms with Crippen LogP contribution in [-0.2, 0) is 32.6 Å². The van der Waals surface area contributed by atoms with Gasteiger partial charge in [-0.15, -0.1) is 0 Å². The summed E-state index contributed by atoms with van der Waals surface area (Å²) in [7, 11) is -1.57. The third-order valence-electron chi connectivity index (χ3n) is 7.50. The Morgan fingerprint density at radius 2 is 1.58 bits per heavy atom. The molecule has 0 saturated heterocycles. The fourth-order valence-electron chi connectivity index (χ4n) is 5.24. The number of carbonyl (C=O) groups excluding carboxylic acids is 2. The predicted molar refractivity (Wildman–Crippen MR) is 197 cm³/mol. The number of pyridine rings is 1. The molecule has 0 aliphatic heterocycles. The Bertz CT molecular complexity index is 1870. The SMILES string of the molecule is CC(=O)Nc1ccc(/C=C/C(=O)NCc2cccn2-c2cc(CO[Si](c3ccccc3)c3ccccc3)c(Cl)c(C(C)(C)C)c2Cl)cn1. The van der Waals surface area contributed by atoms with Crippen LogP contribution >= 0.6 is 23.2 Å². The number of aromatic nitrogens is 2. The molecule has 2 amide bonds. The van der Waals surface area contributed by atoms with Gasteiger partial charge in [-0.25, -0.2) is 4.98 Å². The van der Waals surface area contributed by atoms with Gasteiger partial charge < -0.3 is 19.6 Å². The molecule has 0 saturated carbocycles. The monoisotopic (exact) mass is 695 g/mol. The van der Waals surface area contributed by atoms with Crippen molar-refractivity contribution in [2.75, 3.05) is 5.32 Å². The molecule has 0 unspecified atom stereocenters. The molecule has 2 aromatic heterocycles. The molecule has 5 aromatic rings. The van der Waals surface area contributed by atoms with Crippen LogP contribution in [0.25, 0.3) is 11.8 Å². The third-order valence-corrected chi connectivity index (χ3v) is 10.5. The molecule has 7 nitrogen and oxygen atoms in total. The summed E-state index contributed by atoms with van der Waals surface area (Å²) in [5.74, 6) is -0.0179. The zero-order chi connectivity index (χ0) is 34.3. The minimum absolute atomic E-state index is 0.199. The molecule has 0 aliphatic carbocycles. The fraction of sp³-hybridized carbons (Fsp3) is 0.184. The van der Waals surface area contributed by atoms with E-state index in [4.69, 9.17) is 27.6 Å². The first-order valence-corrected chi connectivity index (χ1v) is 17.7. The molecule has 2 N–H and O–H groups in total. The van der Waals surface area contributed by atoms with Gasteiger partial charge in [0, 0.05) is 31.1 Å². The van der Waals surface area contributed by atoms with E-state index in [1.165, 1.54) is 13.0 Å². The van der Waals surface area contributed by atoms with Gasteiger partial charge in [-0.1, -0.05) is 105 Å². The van der Waals surface area contributed by atoms with Crippen molar-refractivity contribution in [1.82, 2.24) is 14.9 Å². The smallest absolute Gasteiger partial charge is 0.283 e. The third kappa shape index (κ3) is 8.70. The van der Waals surface area contributed by atoms with Gasteiger partial charge in [0.2, 0.25) is 11.8 Å². The minimum atomic E-state index is -1.57. The van der Waals surface area contributed by atoms with Crippen LogP contribution in [0.4, 0.5) is 5.82 Å². The molecule has 10 heteroatoms. The largest absolute Gasteiger partial charge is 0.403 e. The van der Waals surface area contributed by atoms with Crippen molar-refractivity contribution in [3.8, 4) is 5.69 Å². The van der Waals surface area contributed by atoms with Crippen molar-refractivity contribution in [3.05, 3.63) is 142 Å². The molecule has 0 bridgehead atoms. The molecular formula is C38H37Cl2N4O3Si. The normalized spacial score (nSPS) is 11.6. The molecule has 0 atom stereocenters. The standard InChI is InChI=1S/C38H37Cl2N4O3Si/c1-26(45)43-33-19-17-27(23-41-33)18-20-34(46)42-24-29-12-11-21-44(29)32-22-28(36(39)35(37(32)40)38(2,3)4)25-47-48(30-13-7-5-8-14-30)31-15-9-6-10-16-31/h5-23H,24-25H2,1-4H3,(H,42,46)(H,41,43,45)/b20-18+. The summed E-state index contributed by atoms with van der Waals surface area (Å²) in [5, 5.41) is 9.00. The summed E-state index contributed by atoms with van der Waals surface area (Å²) in [6.07, 6.45) is 6.62. The van der Waals surface area contributed by atoms with Crippen molar-refractivity contribution in [1.29, 1.82) is 0 Å². The van der Waals surface area contributed by atoms with Gasteiger partial charge in [0.15, 0.2) is 0 Å². The molecular weight excluding hydrogens is 659 g/mol. The quantitative estimate of drug-likeness (QED) is 0.114. The van der Waals surface area contributed by atoms with E-state index in [0.717, 1.165) is 38.4 Å². The van der Waals surface area contributed by atoms with Gasteiger partial charge in [0.1, 0.15) is 5.82 Å². The van der Waals surface area contributed by atoms with Gasteiger partial charge >= 0.3 is 0 Å². The van der Waals surface area contributed by atoms with E-state index in [1.54, 1.807) is 24.4 Å². The number of nitrogens with zero attached hydrogens (tertiary/aromatic N) is 2. The van der Waals surface area contributed by atoms with Crippen LogP contribution in [0, 0.1) is 0 Å². The average Bonchev–Trinajstić information content (AvgIpc) is 3.53. The second kappa shape index (κ2) is 15.6. The maximum absolute atomic E-state index is 12.8. The number of rotatable bonds is 11. The first-order chi connectivity index (χ1) is 23.0. The lowest BCUT2D eigenvalue weighted by molar-refractivity contribution is -0.116. The van der Waals surface area contributed by atoms with Gasteiger partial charge in [-0.3, -0.25) is 9.59 Å². The van der Waals surface area contributed by atoms with Crippen molar-refractivity contribution in [2.24, 2.45) is 0 Å². The average molecular weight is 697 g/mol. The van der Waals surface area contributed by atoms with Gasteiger partial charge in [0.25, 0.3) is 9.04 Å². The number of nitrogens with one attached hydrogen (secondary N) is 2. The van der Waals surface area contributed by atoms with Crippen molar-refractivity contribution in [3.63, 3.8) is 0 Å². The first-order valence-electron chi connectivity index (χ1n) is 15.5. The number of amides is 2. The van der Waals surface area contributed by atoms with E-state index in [9.17, 15) is 9.59 Å². The van der Waals surface area contributed by atoms with Crippen LogP contribution in [-0.4, -0.2) is 30.4 Å². The summed E-state index contributed by atoms with van der Waals surface area (Å²) in [5.41, 5.74) is 3.64. The summed E-state index contributed by atoms with van der Waals surface area (Å²) in [4.78, 5) is 28.2. The maximum atomic E-state index is 12.8. The lowest BCUT2D eigenvalue weighted by Crippen LogP contribution is -2.44. The highest BCUT2D eigenvalue weighted by Gasteiger charge is 2.28. The van der Waals surface area contributed by atoms with Crippen LogP contribution < -0.4 is 21.0 Å². The number of halogens is 2. The van der Waals surface area contributed by atoms with Crippen LogP contribution in [0.5, 0.6) is 0 Å². The topological polar surface area (TPSA) is 85.2 Å². The predicted octanol–water partition coefficient (Wildman–Crippen LogP) is 7.09. The van der Waals surface area contributed by atoms with Crippen molar-refractivity contribution >= 4 is 66.3 Å². The van der Waals surface area contributed by atoms with Gasteiger partial charge in [0.05, 0.1) is 28.9 Å². The second-order valence-corrected chi connectivity index (χ2v) is 15.1. The highest BCUT2D eigenvalue weighted by atomic mass is 35.5. The highest BCUT2D eigenvalue weighted by molar-refractivity contribution is 6.80. The lowest BCUT2D eigenvalue weighted by atomic mass is 9.85. The minimum Gasteiger partial charge on any atom is -0.403 e. The van der Waals surface area contributed by atoms with E-state index in [1.807, 2.05) is 65.4 Å². The van der Waals surface area contributed by atoms with E-state index in [2.05, 4.69) is 60.7 Å². The molecule has 2 heterocycles. The van der Waals surface area contributed by atoms with Crippen molar-refractivity contribution < 1.29 is 14.0 Å². The van der Waals surface area contributed by atoms with Crippen LogP contribution in [0.2, 0.25) is 10.0 Å². The maximum Gasteiger partial charge on any atom is 0.283 e. The Morgan fingerprint density at radius 3 is 2.17 bits per heavy atom. The second-order valence-electron chi connectivity index (χ2n) is 12.2. The highest BCUT2D eigenvalue weighted by Crippen LogP contribution is 2.41. The number of hydrogen-bond donors (Lipinski definition) is 2. The summed E-state index contributed by atoms with van der Waals surface area (Å²) in [6.45, 7) is 8.24. The zero-order valence-electron chi connectivity index (χ0n) is 27.3. The first kappa shape index (κ1) is 34.9. The van der Waals surface area contributed by atoms with Crippen LogP contribution in [0.3, 0.4) is 0 Å². The molecule has 0 spiro atoms. The molecule has 1 radical (unpaired) electrons. The Labute approximate surface area is 293 Å². The van der Waals surface area contributed by atoms with E-state index in [0.29, 0.717) is 22.5 Å². The van der Waals surface area contributed by atoms with Gasteiger partial charge in [-0.05, 0) is 68.9 Å². The summed E-state index contributed by atoms with van der Waals surface area (Å²) < 4.78 is 8.71. The molecule has 0 fully saturated rings. The van der Waals surface area contributed by atoms with Gasteiger partial charge in [-0.2, -0.15) is 0 Å². The molecule has 48 heavy (non-hydrogen) atoms. The Kier molecular flexibility index (Phi) is 11.3. The van der Waals surface area contributed by atoms with E-state index < -0.39 is 9.04 Å².